The number of amidine groups is 2. The maximum atomic E-state index is 8.09. The Bertz CT molecular complexity index is 1160. The number of ether oxygens (including phenoxy) is 4. The van der Waals surface area contributed by atoms with Crippen molar-refractivity contribution in [3.05, 3.63) is 82.4 Å². The maximum absolute atomic E-state index is 8.09. The lowest BCUT2D eigenvalue weighted by Gasteiger charge is -2.15. The van der Waals surface area contributed by atoms with Crippen LogP contribution in [0.3, 0.4) is 0 Å². The van der Waals surface area contributed by atoms with Gasteiger partial charge >= 0.3 is 0 Å². The van der Waals surface area contributed by atoms with Gasteiger partial charge in [-0.2, -0.15) is 0 Å². The maximum Gasteiger partial charge on any atom is 0.161 e. The molecule has 0 atom stereocenters. The van der Waals surface area contributed by atoms with Crippen LogP contribution >= 0.6 is 24.8 Å². The summed E-state index contributed by atoms with van der Waals surface area (Å²) in [7, 11) is 3.18. The van der Waals surface area contributed by atoms with Crippen LogP contribution in [0.2, 0.25) is 0 Å². The van der Waals surface area contributed by atoms with E-state index in [9.17, 15) is 0 Å². The Morgan fingerprint density at radius 3 is 1.41 bits per heavy atom. The SMILES string of the molecule is CCNC(=N)c1ccc(OCc2cc(C)cc(COc3ccc(C(=N)NCC)cc3OC)c2)c(OC)c1.Cl.Cl. The highest BCUT2D eigenvalue weighted by atomic mass is 35.5. The Balaban J connectivity index is 0.00000380. The minimum atomic E-state index is 0. The standard InChI is InChI=1S/C29H36N4O4.2ClH/c1-6-32-28(30)22-8-10-24(26(15-22)34-4)36-17-20-12-19(3)13-21(14-20)18-37-25-11-9-23(16-27(25)35-5)29(31)33-7-2;;/h8-16H,6-7,17-18H2,1-5H3,(H2,30,32)(H2,31,33);2*1H. The van der Waals surface area contributed by atoms with Crippen LogP contribution in [0.5, 0.6) is 23.0 Å². The second kappa shape index (κ2) is 16.4. The Morgan fingerprint density at radius 1 is 0.641 bits per heavy atom. The number of hydrogen-bond acceptors (Lipinski definition) is 6. The van der Waals surface area contributed by atoms with E-state index < -0.39 is 0 Å². The van der Waals surface area contributed by atoms with Gasteiger partial charge in [0, 0.05) is 24.2 Å². The molecule has 0 amide bonds. The number of halogens is 2. The molecule has 3 aromatic rings. The molecule has 0 saturated carbocycles. The van der Waals surface area contributed by atoms with Crippen molar-refractivity contribution >= 4 is 36.5 Å². The van der Waals surface area contributed by atoms with Crippen LogP contribution < -0.4 is 29.6 Å². The van der Waals surface area contributed by atoms with E-state index in [1.807, 2.05) is 45.0 Å². The molecule has 3 rings (SSSR count). The quantitative estimate of drug-likeness (QED) is 0.158. The van der Waals surface area contributed by atoms with Gasteiger partial charge in [-0.3, -0.25) is 10.8 Å². The van der Waals surface area contributed by atoms with Gasteiger partial charge in [-0.1, -0.05) is 17.7 Å². The van der Waals surface area contributed by atoms with Crippen molar-refractivity contribution in [2.45, 2.75) is 34.0 Å². The van der Waals surface area contributed by atoms with Gasteiger partial charge in [0.25, 0.3) is 0 Å². The fraction of sp³-hybridized carbons (Fsp3) is 0.310. The number of nitrogens with one attached hydrogen (secondary N) is 4. The van der Waals surface area contributed by atoms with Crippen molar-refractivity contribution in [2.75, 3.05) is 27.3 Å². The van der Waals surface area contributed by atoms with Gasteiger partial charge < -0.3 is 29.6 Å². The van der Waals surface area contributed by atoms with E-state index in [4.69, 9.17) is 29.8 Å². The van der Waals surface area contributed by atoms with E-state index in [1.54, 1.807) is 26.4 Å². The summed E-state index contributed by atoms with van der Waals surface area (Å²) in [6.07, 6.45) is 0. The summed E-state index contributed by atoms with van der Waals surface area (Å²) < 4.78 is 23.1. The molecule has 0 heterocycles. The summed E-state index contributed by atoms with van der Waals surface area (Å²) in [4.78, 5) is 0. The van der Waals surface area contributed by atoms with Crippen LogP contribution in [0.15, 0.2) is 54.6 Å². The normalized spacial score (nSPS) is 9.87. The van der Waals surface area contributed by atoms with E-state index >= 15 is 0 Å². The van der Waals surface area contributed by atoms with Gasteiger partial charge in [0.05, 0.1) is 14.2 Å². The van der Waals surface area contributed by atoms with E-state index in [2.05, 4.69) is 28.8 Å². The van der Waals surface area contributed by atoms with E-state index in [1.165, 1.54) is 0 Å². The first kappa shape index (κ1) is 33.4. The first-order valence-electron chi connectivity index (χ1n) is 12.2. The smallest absolute Gasteiger partial charge is 0.161 e. The molecule has 4 N–H and O–H groups in total. The monoisotopic (exact) mass is 576 g/mol. The highest BCUT2D eigenvalue weighted by molar-refractivity contribution is 5.97. The molecule has 0 aliphatic carbocycles. The average molecular weight is 578 g/mol. The number of methoxy groups -OCH3 is 2. The third-order valence-electron chi connectivity index (χ3n) is 5.60. The van der Waals surface area contributed by atoms with Crippen LogP contribution in [0.4, 0.5) is 0 Å². The van der Waals surface area contributed by atoms with Crippen molar-refractivity contribution in [2.24, 2.45) is 0 Å². The Hall–Kier alpha value is -3.62. The first-order valence-corrected chi connectivity index (χ1v) is 12.2. The third-order valence-corrected chi connectivity index (χ3v) is 5.60. The van der Waals surface area contributed by atoms with Crippen LogP contribution in [-0.4, -0.2) is 39.0 Å². The van der Waals surface area contributed by atoms with Gasteiger partial charge in [0.1, 0.15) is 24.9 Å². The number of aryl methyl sites for hydroxylation is 1. The van der Waals surface area contributed by atoms with Gasteiger partial charge in [-0.15, -0.1) is 24.8 Å². The number of rotatable bonds is 12. The van der Waals surface area contributed by atoms with Crippen LogP contribution in [0.25, 0.3) is 0 Å². The molecule has 0 aromatic heterocycles. The number of hydrogen-bond donors (Lipinski definition) is 4. The largest absolute Gasteiger partial charge is 0.493 e. The molecule has 212 valence electrons. The van der Waals surface area contributed by atoms with Crippen molar-refractivity contribution in [3.63, 3.8) is 0 Å². The van der Waals surface area contributed by atoms with E-state index in [0.29, 0.717) is 61.0 Å². The van der Waals surface area contributed by atoms with Crippen LogP contribution in [0.1, 0.15) is 41.7 Å². The van der Waals surface area contributed by atoms with Crippen molar-refractivity contribution in [3.8, 4) is 23.0 Å². The predicted octanol–water partition coefficient (Wildman–Crippen LogP) is 5.88. The third kappa shape index (κ3) is 9.26. The summed E-state index contributed by atoms with van der Waals surface area (Å²) >= 11 is 0. The highest BCUT2D eigenvalue weighted by Crippen LogP contribution is 2.30. The first-order chi connectivity index (χ1) is 17.9. The van der Waals surface area contributed by atoms with Crippen molar-refractivity contribution < 1.29 is 18.9 Å². The lowest BCUT2D eigenvalue weighted by Crippen LogP contribution is -2.22. The average Bonchev–Trinajstić information content (AvgIpc) is 2.90. The summed E-state index contributed by atoms with van der Waals surface area (Å²) in [6.45, 7) is 8.02. The second-order valence-corrected chi connectivity index (χ2v) is 8.45. The molecule has 0 radical (unpaired) electrons. The molecular weight excluding hydrogens is 539 g/mol. The minimum absolute atomic E-state index is 0. The Labute approximate surface area is 243 Å². The zero-order valence-corrected chi connectivity index (χ0v) is 24.6. The fourth-order valence-corrected chi connectivity index (χ4v) is 3.88. The molecule has 8 nitrogen and oxygen atoms in total. The van der Waals surface area contributed by atoms with E-state index in [-0.39, 0.29) is 24.8 Å². The molecule has 0 saturated heterocycles. The summed E-state index contributed by atoms with van der Waals surface area (Å²) in [5.41, 5.74) is 4.59. The molecule has 39 heavy (non-hydrogen) atoms. The second-order valence-electron chi connectivity index (χ2n) is 8.45. The fourth-order valence-electron chi connectivity index (χ4n) is 3.88. The van der Waals surface area contributed by atoms with Gasteiger partial charge in [-0.05, 0) is 74.4 Å². The molecule has 0 aliphatic rings. The molecule has 0 unspecified atom stereocenters. The zero-order valence-electron chi connectivity index (χ0n) is 23.0. The lowest BCUT2D eigenvalue weighted by atomic mass is 10.1. The van der Waals surface area contributed by atoms with Crippen molar-refractivity contribution in [1.82, 2.24) is 10.6 Å². The lowest BCUT2D eigenvalue weighted by molar-refractivity contribution is 0.279. The Morgan fingerprint density at radius 2 is 1.05 bits per heavy atom. The van der Waals surface area contributed by atoms with Crippen molar-refractivity contribution in [1.29, 1.82) is 10.8 Å². The highest BCUT2D eigenvalue weighted by Gasteiger charge is 2.11. The zero-order chi connectivity index (χ0) is 26.8. The summed E-state index contributed by atoms with van der Waals surface area (Å²) in [5, 5.41) is 22.2. The molecule has 0 spiro atoms. The van der Waals surface area contributed by atoms with Gasteiger partial charge in [0.2, 0.25) is 0 Å². The summed E-state index contributed by atoms with van der Waals surface area (Å²) in [6, 6.07) is 17.1. The Kier molecular flexibility index (Phi) is 14.0. The number of benzene rings is 3. The molecule has 0 aliphatic heterocycles. The van der Waals surface area contributed by atoms with Crippen LogP contribution in [-0.2, 0) is 13.2 Å². The van der Waals surface area contributed by atoms with Crippen LogP contribution in [0, 0.1) is 17.7 Å². The molecule has 0 fully saturated rings. The molecular formula is C29H38Cl2N4O4. The van der Waals surface area contributed by atoms with Gasteiger partial charge in [-0.25, -0.2) is 0 Å². The van der Waals surface area contributed by atoms with Gasteiger partial charge in [0.15, 0.2) is 23.0 Å². The topological polar surface area (TPSA) is 109 Å². The summed E-state index contributed by atoms with van der Waals surface area (Å²) in [5.74, 6) is 3.07. The molecule has 3 aromatic carbocycles. The molecule has 10 heteroatoms. The predicted molar refractivity (Wildman–Crippen MR) is 161 cm³/mol. The van der Waals surface area contributed by atoms with E-state index in [0.717, 1.165) is 27.8 Å². The molecule has 0 bridgehead atoms. The minimum Gasteiger partial charge on any atom is -0.493 e.